The lowest BCUT2D eigenvalue weighted by Gasteiger charge is -2.32. The zero-order valence-electron chi connectivity index (χ0n) is 11.6. The quantitative estimate of drug-likeness (QED) is 0.922. The SMILES string of the molecule is Cc1ccc(CNC2CCN(CC(F)(F)F)CC2)cn1. The molecule has 6 heteroatoms. The van der Waals surface area contributed by atoms with Crippen LogP contribution >= 0.6 is 0 Å². The van der Waals surface area contributed by atoms with Crippen LogP contribution in [0.5, 0.6) is 0 Å². The van der Waals surface area contributed by atoms with E-state index in [-0.39, 0.29) is 0 Å². The Morgan fingerprint density at radius 1 is 1.30 bits per heavy atom. The molecule has 1 aliphatic rings. The molecule has 20 heavy (non-hydrogen) atoms. The van der Waals surface area contributed by atoms with E-state index in [9.17, 15) is 13.2 Å². The van der Waals surface area contributed by atoms with Gasteiger partial charge in [0.15, 0.2) is 0 Å². The molecule has 112 valence electrons. The lowest BCUT2D eigenvalue weighted by atomic mass is 10.0. The minimum absolute atomic E-state index is 0.292. The molecule has 0 unspecified atom stereocenters. The third-order valence-corrected chi connectivity index (χ3v) is 3.56. The first-order chi connectivity index (χ1) is 9.42. The molecule has 2 heterocycles. The maximum atomic E-state index is 12.3. The molecule has 0 aromatic carbocycles. The number of hydrogen-bond acceptors (Lipinski definition) is 3. The third-order valence-electron chi connectivity index (χ3n) is 3.56. The van der Waals surface area contributed by atoms with Crippen molar-refractivity contribution in [3.8, 4) is 0 Å². The van der Waals surface area contributed by atoms with Gasteiger partial charge in [0.25, 0.3) is 0 Å². The van der Waals surface area contributed by atoms with E-state index in [2.05, 4.69) is 10.3 Å². The fourth-order valence-corrected chi connectivity index (χ4v) is 2.41. The predicted octanol–water partition coefficient (Wildman–Crippen LogP) is 2.51. The highest BCUT2D eigenvalue weighted by Crippen LogP contribution is 2.19. The first kappa shape index (κ1) is 15.3. The average Bonchev–Trinajstić information content (AvgIpc) is 2.38. The van der Waals surface area contributed by atoms with Crippen molar-refractivity contribution in [2.24, 2.45) is 0 Å². The van der Waals surface area contributed by atoms with E-state index in [1.54, 1.807) is 0 Å². The topological polar surface area (TPSA) is 28.2 Å². The summed E-state index contributed by atoms with van der Waals surface area (Å²) in [5.41, 5.74) is 2.09. The van der Waals surface area contributed by atoms with Crippen LogP contribution in [0.25, 0.3) is 0 Å². The number of hydrogen-bond donors (Lipinski definition) is 1. The van der Waals surface area contributed by atoms with Crippen LogP contribution < -0.4 is 5.32 Å². The highest BCUT2D eigenvalue weighted by Gasteiger charge is 2.32. The van der Waals surface area contributed by atoms with Crippen molar-refractivity contribution >= 4 is 0 Å². The van der Waals surface area contributed by atoms with Crippen LogP contribution in [0.15, 0.2) is 18.3 Å². The Labute approximate surface area is 117 Å². The number of aromatic nitrogens is 1. The number of piperidine rings is 1. The van der Waals surface area contributed by atoms with E-state index in [1.165, 1.54) is 4.90 Å². The van der Waals surface area contributed by atoms with Crippen molar-refractivity contribution in [2.45, 2.75) is 38.5 Å². The van der Waals surface area contributed by atoms with E-state index < -0.39 is 12.7 Å². The molecule has 0 spiro atoms. The van der Waals surface area contributed by atoms with Crippen molar-refractivity contribution < 1.29 is 13.2 Å². The molecule has 1 N–H and O–H groups in total. The molecule has 1 fully saturated rings. The summed E-state index contributed by atoms with van der Waals surface area (Å²) < 4.78 is 36.8. The largest absolute Gasteiger partial charge is 0.401 e. The molecule has 1 aromatic heterocycles. The second kappa shape index (κ2) is 6.54. The van der Waals surface area contributed by atoms with E-state index in [0.717, 1.165) is 30.6 Å². The van der Waals surface area contributed by atoms with Crippen LogP contribution in [0.3, 0.4) is 0 Å². The van der Waals surface area contributed by atoms with E-state index >= 15 is 0 Å². The van der Waals surface area contributed by atoms with Gasteiger partial charge < -0.3 is 5.32 Å². The van der Waals surface area contributed by atoms with Gasteiger partial charge in [0.05, 0.1) is 6.54 Å². The molecule has 2 rings (SSSR count). The molecule has 3 nitrogen and oxygen atoms in total. The minimum Gasteiger partial charge on any atom is -0.310 e. The summed E-state index contributed by atoms with van der Waals surface area (Å²) in [6, 6.07) is 4.28. The van der Waals surface area contributed by atoms with Gasteiger partial charge in [-0.1, -0.05) is 6.07 Å². The second-order valence-electron chi connectivity index (χ2n) is 5.35. The number of halogens is 3. The summed E-state index contributed by atoms with van der Waals surface area (Å²) in [6.07, 6.45) is -0.736. The Balaban J connectivity index is 1.70. The number of pyridine rings is 1. The fourth-order valence-electron chi connectivity index (χ4n) is 2.41. The lowest BCUT2D eigenvalue weighted by Crippen LogP contribution is -2.45. The molecule has 0 bridgehead atoms. The third kappa shape index (κ3) is 5.09. The van der Waals surface area contributed by atoms with Gasteiger partial charge in [0, 0.05) is 24.5 Å². The van der Waals surface area contributed by atoms with Gasteiger partial charge in [-0.25, -0.2) is 0 Å². The molecular weight excluding hydrogens is 267 g/mol. The van der Waals surface area contributed by atoms with Crippen molar-refractivity contribution in [2.75, 3.05) is 19.6 Å². The number of nitrogens with one attached hydrogen (secondary N) is 1. The Morgan fingerprint density at radius 2 is 2.00 bits per heavy atom. The standard InChI is InChI=1S/C14H20F3N3/c1-11-2-3-12(8-18-11)9-19-13-4-6-20(7-5-13)10-14(15,16)17/h2-3,8,13,19H,4-7,9-10H2,1H3. The van der Waals surface area contributed by atoms with Gasteiger partial charge >= 0.3 is 6.18 Å². The van der Waals surface area contributed by atoms with Crippen molar-refractivity contribution in [3.63, 3.8) is 0 Å². The Kier molecular flexibility index (Phi) is 4.99. The first-order valence-electron chi connectivity index (χ1n) is 6.86. The van der Waals surface area contributed by atoms with Crippen molar-refractivity contribution in [3.05, 3.63) is 29.6 Å². The Morgan fingerprint density at radius 3 is 2.55 bits per heavy atom. The number of likely N-dealkylation sites (tertiary alicyclic amines) is 1. The number of aryl methyl sites for hydroxylation is 1. The monoisotopic (exact) mass is 287 g/mol. The number of nitrogens with zero attached hydrogens (tertiary/aromatic N) is 2. The lowest BCUT2D eigenvalue weighted by molar-refractivity contribution is -0.148. The summed E-state index contributed by atoms with van der Waals surface area (Å²) in [5, 5.41) is 3.39. The second-order valence-corrected chi connectivity index (χ2v) is 5.35. The van der Waals surface area contributed by atoms with Crippen LogP contribution in [0.1, 0.15) is 24.1 Å². The van der Waals surface area contributed by atoms with Crippen LogP contribution in [-0.4, -0.2) is 41.7 Å². The maximum absolute atomic E-state index is 12.3. The summed E-state index contributed by atoms with van der Waals surface area (Å²) in [7, 11) is 0. The smallest absolute Gasteiger partial charge is 0.310 e. The van der Waals surface area contributed by atoms with Crippen LogP contribution in [0.4, 0.5) is 13.2 Å². The molecule has 0 radical (unpaired) electrons. The fraction of sp³-hybridized carbons (Fsp3) is 0.643. The number of alkyl halides is 3. The Bertz CT molecular complexity index is 409. The predicted molar refractivity (Wildman–Crippen MR) is 71.3 cm³/mol. The van der Waals surface area contributed by atoms with Gasteiger partial charge in [-0.05, 0) is 44.5 Å². The normalized spacial score (nSPS) is 18.4. The van der Waals surface area contributed by atoms with Gasteiger partial charge in [-0.2, -0.15) is 13.2 Å². The van der Waals surface area contributed by atoms with Crippen LogP contribution in [-0.2, 0) is 6.54 Å². The Hall–Kier alpha value is -1.14. The van der Waals surface area contributed by atoms with Gasteiger partial charge in [0.1, 0.15) is 0 Å². The zero-order valence-corrected chi connectivity index (χ0v) is 11.6. The molecule has 0 atom stereocenters. The molecule has 0 aliphatic carbocycles. The zero-order chi connectivity index (χ0) is 14.6. The molecule has 0 saturated carbocycles. The van der Waals surface area contributed by atoms with Gasteiger partial charge in [-0.3, -0.25) is 9.88 Å². The highest BCUT2D eigenvalue weighted by molar-refractivity contribution is 5.12. The minimum atomic E-state index is -4.09. The van der Waals surface area contributed by atoms with Crippen molar-refractivity contribution in [1.29, 1.82) is 0 Å². The van der Waals surface area contributed by atoms with E-state index in [1.807, 2.05) is 25.3 Å². The summed E-state index contributed by atoms with van der Waals surface area (Å²) in [5.74, 6) is 0. The summed E-state index contributed by atoms with van der Waals surface area (Å²) in [4.78, 5) is 5.70. The van der Waals surface area contributed by atoms with E-state index in [4.69, 9.17) is 0 Å². The molecule has 1 saturated heterocycles. The molecule has 1 aromatic rings. The summed E-state index contributed by atoms with van der Waals surface area (Å²) in [6.45, 7) is 2.87. The highest BCUT2D eigenvalue weighted by atomic mass is 19.4. The first-order valence-corrected chi connectivity index (χ1v) is 6.86. The molecular formula is C14H20F3N3. The maximum Gasteiger partial charge on any atom is 0.401 e. The van der Waals surface area contributed by atoms with Crippen LogP contribution in [0.2, 0.25) is 0 Å². The molecule has 0 amide bonds. The molecule has 1 aliphatic heterocycles. The van der Waals surface area contributed by atoms with Crippen molar-refractivity contribution in [1.82, 2.24) is 15.2 Å². The number of rotatable bonds is 4. The van der Waals surface area contributed by atoms with E-state index in [0.29, 0.717) is 19.1 Å². The summed E-state index contributed by atoms with van der Waals surface area (Å²) >= 11 is 0. The average molecular weight is 287 g/mol. The van der Waals surface area contributed by atoms with Gasteiger partial charge in [-0.15, -0.1) is 0 Å². The van der Waals surface area contributed by atoms with Gasteiger partial charge in [0.2, 0.25) is 0 Å². The van der Waals surface area contributed by atoms with Crippen LogP contribution in [0, 0.1) is 6.92 Å².